The summed E-state index contributed by atoms with van der Waals surface area (Å²) in [4.78, 5) is 34.2. The zero-order chi connectivity index (χ0) is 17.2. The van der Waals surface area contributed by atoms with Gasteiger partial charge in [0.15, 0.2) is 0 Å². The molecule has 0 bridgehead atoms. The molecule has 0 aromatic heterocycles. The molecule has 0 heterocycles. The summed E-state index contributed by atoms with van der Waals surface area (Å²) in [6.45, 7) is 4.00. The Bertz CT molecular complexity index is 535. The predicted octanol–water partition coefficient (Wildman–Crippen LogP) is 2.45. The van der Waals surface area contributed by atoms with E-state index in [0.29, 0.717) is 18.6 Å². The van der Waals surface area contributed by atoms with Crippen molar-refractivity contribution in [2.75, 3.05) is 13.2 Å². The number of hydrogen-bond donors (Lipinski definition) is 1. The van der Waals surface area contributed by atoms with Crippen LogP contribution in [0.3, 0.4) is 0 Å². The molecule has 6 heteroatoms. The van der Waals surface area contributed by atoms with Gasteiger partial charge in [0, 0.05) is 6.42 Å². The number of hydrogen-bond acceptors (Lipinski definition) is 5. The smallest absolute Gasteiger partial charge is 0.338 e. The highest BCUT2D eigenvalue weighted by molar-refractivity contribution is 5.89. The molecule has 0 saturated heterocycles. The highest BCUT2D eigenvalue weighted by Gasteiger charge is 2.21. The molecule has 23 heavy (non-hydrogen) atoms. The normalized spacial score (nSPS) is 11.6. The van der Waals surface area contributed by atoms with Crippen molar-refractivity contribution in [2.45, 2.75) is 33.1 Å². The maximum absolute atomic E-state index is 11.9. The molecule has 1 rings (SSSR count). The molecule has 0 amide bonds. The van der Waals surface area contributed by atoms with Crippen LogP contribution >= 0.6 is 0 Å². The van der Waals surface area contributed by atoms with E-state index in [2.05, 4.69) is 0 Å². The summed E-state index contributed by atoms with van der Waals surface area (Å²) >= 11 is 0. The van der Waals surface area contributed by atoms with Gasteiger partial charge in [0.05, 0.1) is 24.7 Å². The van der Waals surface area contributed by atoms with Gasteiger partial charge in [-0.3, -0.25) is 9.59 Å². The molecule has 6 nitrogen and oxygen atoms in total. The Kier molecular flexibility index (Phi) is 7.80. The lowest BCUT2D eigenvalue weighted by atomic mass is 9.94. The molecule has 1 aromatic rings. The Morgan fingerprint density at radius 3 is 2.17 bits per heavy atom. The number of rotatable bonds is 9. The van der Waals surface area contributed by atoms with Gasteiger partial charge < -0.3 is 14.6 Å². The molecule has 1 N–H and O–H groups in total. The van der Waals surface area contributed by atoms with Gasteiger partial charge in [0.2, 0.25) is 0 Å². The van der Waals surface area contributed by atoms with Crippen LogP contribution in [0.5, 0.6) is 0 Å². The van der Waals surface area contributed by atoms with Crippen molar-refractivity contribution in [1.29, 1.82) is 0 Å². The first-order valence-corrected chi connectivity index (χ1v) is 7.62. The summed E-state index contributed by atoms with van der Waals surface area (Å²) in [6.07, 6.45) is 0.493. The van der Waals surface area contributed by atoms with Crippen molar-refractivity contribution in [3.05, 3.63) is 35.4 Å². The van der Waals surface area contributed by atoms with Crippen LogP contribution in [-0.2, 0) is 25.5 Å². The molecule has 1 atom stereocenters. The summed E-state index contributed by atoms with van der Waals surface area (Å²) < 4.78 is 9.90. The quantitative estimate of drug-likeness (QED) is 0.702. The first-order chi connectivity index (χ1) is 11.0. The summed E-state index contributed by atoms with van der Waals surface area (Å²) in [5.74, 6) is -2.26. The molecule has 0 aliphatic rings. The molecule has 0 spiro atoms. The summed E-state index contributed by atoms with van der Waals surface area (Å²) in [5, 5.41) is 8.78. The number of carbonyl (C=O) groups excluding carboxylic acids is 2. The maximum Gasteiger partial charge on any atom is 0.338 e. The van der Waals surface area contributed by atoms with Crippen LogP contribution in [0.15, 0.2) is 24.3 Å². The molecule has 1 aromatic carbocycles. The average molecular weight is 322 g/mol. The fourth-order valence-corrected chi connectivity index (χ4v) is 2.14. The van der Waals surface area contributed by atoms with Gasteiger partial charge in [-0.2, -0.15) is 0 Å². The molecule has 0 aliphatic heterocycles. The number of carbonyl (C=O) groups is 3. The molecule has 0 saturated carbocycles. The number of benzene rings is 1. The number of esters is 2. The third kappa shape index (κ3) is 6.50. The third-order valence-electron chi connectivity index (χ3n) is 3.27. The monoisotopic (exact) mass is 322 g/mol. The van der Waals surface area contributed by atoms with Crippen LogP contribution in [0.25, 0.3) is 0 Å². The van der Waals surface area contributed by atoms with Crippen molar-refractivity contribution in [3.8, 4) is 0 Å². The van der Waals surface area contributed by atoms with Crippen LogP contribution in [0, 0.1) is 5.92 Å². The summed E-state index contributed by atoms with van der Waals surface area (Å²) in [5.41, 5.74) is 1.27. The Hall–Kier alpha value is -2.37. The van der Waals surface area contributed by atoms with Crippen molar-refractivity contribution in [1.82, 2.24) is 0 Å². The van der Waals surface area contributed by atoms with Crippen LogP contribution in [0.2, 0.25) is 0 Å². The fourth-order valence-electron chi connectivity index (χ4n) is 2.14. The van der Waals surface area contributed by atoms with E-state index in [1.165, 1.54) is 0 Å². The third-order valence-corrected chi connectivity index (χ3v) is 3.27. The molecule has 1 unspecified atom stereocenters. The van der Waals surface area contributed by atoms with E-state index in [0.717, 1.165) is 5.56 Å². The largest absolute Gasteiger partial charge is 0.481 e. The Morgan fingerprint density at radius 1 is 1.04 bits per heavy atom. The number of carboxylic acid groups (broad SMARTS) is 1. The molecule has 0 fully saturated rings. The highest BCUT2D eigenvalue weighted by atomic mass is 16.5. The molecule has 0 aliphatic carbocycles. The van der Waals surface area contributed by atoms with E-state index in [-0.39, 0.29) is 19.4 Å². The second-order valence-corrected chi connectivity index (χ2v) is 5.00. The van der Waals surface area contributed by atoms with Crippen LogP contribution in [0.4, 0.5) is 0 Å². The van der Waals surface area contributed by atoms with E-state index in [4.69, 9.17) is 14.6 Å². The minimum absolute atomic E-state index is 0.0929. The fraction of sp³-hybridized carbons (Fsp3) is 0.471. The van der Waals surface area contributed by atoms with Gasteiger partial charge >= 0.3 is 17.9 Å². The van der Waals surface area contributed by atoms with Gasteiger partial charge in [-0.05, 0) is 44.4 Å². The number of ether oxygens (including phenoxy) is 2. The summed E-state index contributed by atoms with van der Waals surface area (Å²) in [6, 6.07) is 6.73. The van der Waals surface area contributed by atoms with E-state index in [1.807, 2.05) is 0 Å². The lowest BCUT2D eigenvalue weighted by molar-refractivity contribution is -0.148. The Morgan fingerprint density at radius 2 is 1.65 bits per heavy atom. The maximum atomic E-state index is 11.9. The van der Waals surface area contributed by atoms with Gasteiger partial charge in [-0.1, -0.05) is 12.1 Å². The van der Waals surface area contributed by atoms with Crippen molar-refractivity contribution in [3.63, 3.8) is 0 Å². The highest BCUT2D eigenvalue weighted by Crippen LogP contribution is 2.17. The van der Waals surface area contributed by atoms with E-state index < -0.39 is 23.8 Å². The molecule has 0 radical (unpaired) electrons. The Balaban J connectivity index is 2.75. The first-order valence-electron chi connectivity index (χ1n) is 7.62. The van der Waals surface area contributed by atoms with Crippen molar-refractivity contribution >= 4 is 17.9 Å². The van der Waals surface area contributed by atoms with Gasteiger partial charge in [-0.15, -0.1) is 0 Å². The second kappa shape index (κ2) is 9.61. The predicted molar refractivity (Wildman–Crippen MR) is 83.1 cm³/mol. The van der Waals surface area contributed by atoms with E-state index in [9.17, 15) is 14.4 Å². The SMILES string of the molecule is CCOC(=O)c1ccc(CC(CCC(=O)O)C(=O)OCC)cc1. The van der Waals surface area contributed by atoms with E-state index >= 15 is 0 Å². The minimum Gasteiger partial charge on any atom is -0.481 e. The van der Waals surface area contributed by atoms with Crippen molar-refractivity contribution < 1.29 is 29.0 Å². The lowest BCUT2D eigenvalue weighted by Gasteiger charge is -2.15. The van der Waals surface area contributed by atoms with E-state index in [1.54, 1.807) is 38.1 Å². The minimum atomic E-state index is -0.947. The van der Waals surface area contributed by atoms with Gasteiger partial charge in [-0.25, -0.2) is 4.79 Å². The number of aliphatic carboxylic acids is 1. The van der Waals surface area contributed by atoms with Gasteiger partial charge in [0.25, 0.3) is 0 Å². The van der Waals surface area contributed by atoms with Crippen LogP contribution in [0.1, 0.15) is 42.6 Å². The number of carboxylic acids is 1. The molecular formula is C17H22O6. The van der Waals surface area contributed by atoms with Crippen LogP contribution in [-0.4, -0.2) is 36.2 Å². The Labute approximate surface area is 135 Å². The zero-order valence-corrected chi connectivity index (χ0v) is 13.4. The van der Waals surface area contributed by atoms with Gasteiger partial charge in [0.1, 0.15) is 0 Å². The first kappa shape index (κ1) is 18.7. The topological polar surface area (TPSA) is 89.9 Å². The van der Waals surface area contributed by atoms with Crippen LogP contribution < -0.4 is 0 Å². The molecule has 126 valence electrons. The standard InChI is InChI=1S/C17H22O6/c1-3-22-16(20)13-7-5-12(6-8-13)11-14(9-10-15(18)19)17(21)23-4-2/h5-8,14H,3-4,9-11H2,1-2H3,(H,18,19). The lowest BCUT2D eigenvalue weighted by Crippen LogP contribution is -2.21. The zero-order valence-electron chi connectivity index (χ0n) is 13.4. The summed E-state index contributed by atoms with van der Waals surface area (Å²) in [7, 11) is 0. The molecular weight excluding hydrogens is 300 g/mol. The average Bonchev–Trinajstić information content (AvgIpc) is 2.52. The second-order valence-electron chi connectivity index (χ2n) is 5.00. The van der Waals surface area contributed by atoms with Crippen molar-refractivity contribution in [2.24, 2.45) is 5.92 Å².